The first-order valence-corrected chi connectivity index (χ1v) is 7.46. The van der Waals surface area contributed by atoms with Crippen LogP contribution in [0.25, 0.3) is 0 Å². The molecule has 1 unspecified atom stereocenters. The fourth-order valence-corrected chi connectivity index (χ4v) is 2.77. The molecular formula is C16H25N3. The third kappa shape index (κ3) is 3.28. The van der Waals surface area contributed by atoms with Crippen molar-refractivity contribution < 1.29 is 0 Å². The molecule has 0 aromatic heterocycles. The summed E-state index contributed by atoms with van der Waals surface area (Å²) in [5, 5.41) is 3.56. The third-order valence-electron chi connectivity index (χ3n) is 4.37. The van der Waals surface area contributed by atoms with Crippen LogP contribution in [0.15, 0.2) is 24.3 Å². The Balaban J connectivity index is 1.56. The van der Waals surface area contributed by atoms with E-state index in [0.717, 1.165) is 19.1 Å². The van der Waals surface area contributed by atoms with Crippen molar-refractivity contribution in [3.8, 4) is 0 Å². The minimum atomic E-state index is 0.705. The maximum absolute atomic E-state index is 3.56. The van der Waals surface area contributed by atoms with E-state index in [-0.39, 0.29) is 0 Å². The van der Waals surface area contributed by atoms with Gasteiger partial charge in [0.25, 0.3) is 0 Å². The Morgan fingerprint density at radius 1 is 1.16 bits per heavy atom. The molecule has 1 saturated carbocycles. The lowest BCUT2D eigenvalue weighted by Gasteiger charge is -2.22. The predicted octanol–water partition coefficient (Wildman–Crippen LogP) is 2.08. The summed E-state index contributed by atoms with van der Waals surface area (Å²) in [5.41, 5.74) is 2.78. The Morgan fingerprint density at radius 2 is 1.89 bits per heavy atom. The fourth-order valence-electron chi connectivity index (χ4n) is 2.77. The van der Waals surface area contributed by atoms with Crippen LogP contribution in [0.2, 0.25) is 0 Å². The molecule has 2 aliphatic rings. The largest absolute Gasteiger partial charge is 0.370 e. The van der Waals surface area contributed by atoms with Crippen molar-refractivity contribution in [3.63, 3.8) is 0 Å². The van der Waals surface area contributed by atoms with E-state index in [1.807, 2.05) is 0 Å². The molecule has 1 heterocycles. The molecule has 2 fully saturated rings. The Kier molecular flexibility index (Phi) is 3.76. The molecule has 0 spiro atoms. The Hall–Kier alpha value is -1.06. The zero-order valence-electron chi connectivity index (χ0n) is 12.1. The van der Waals surface area contributed by atoms with Gasteiger partial charge in [-0.15, -0.1) is 0 Å². The molecule has 1 aliphatic carbocycles. The summed E-state index contributed by atoms with van der Waals surface area (Å²) >= 11 is 0. The molecule has 104 valence electrons. The molecule has 0 bridgehead atoms. The average Bonchev–Trinajstić information content (AvgIpc) is 3.11. The molecule has 1 aromatic carbocycles. The normalized spacial score (nSPS) is 23.3. The molecule has 19 heavy (non-hydrogen) atoms. The van der Waals surface area contributed by atoms with Crippen LogP contribution in [0.5, 0.6) is 0 Å². The quantitative estimate of drug-likeness (QED) is 0.873. The van der Waals surface area contributed by atoms with Crippen molar-refractivity contribution in [1.82, 2.24) is 10.2 Å². The molecule has 3 nitrogen and oxygen atoms in total. The van der Waals surface area contributed by atoms with Crippen molar-refractivity contribution in [2.75, 3.05) is 32.1 Å². The molecule has 1 aromatic rings. The van der Waals surface area contributed by atoms with E-state index in [1.165, 1.54) is 37.1 Å². The van der Waals surface area contributed by atoms with Crippen molar-refractivity contribution in [1.29, 1.82) is 0 Å². The van der Waals surface area contributed by atoms with Crippen LogP contribution in [0.1, 0.15) is 24.8 Å². The first kappa shape index (κ1) is 12.9. The fraction of sp³-hybridized carbons (Fsp3) is 0.625. The second-order valence-corrected chi connectivity index (χ2v) is 6.17. The highest BCUT2D eigenvalue weighted by molar-refractivity contribution is 5.48. The van der Waals surface area contributed by atoms with E-state index in [2.05, 4.69) is 53.5 Å². The Bertz CT molecular complexity index is 409. The van der Waals surface area contributed by atoms with Gasteiger partial charge < -0.3 is 15.1 Å². The SMILES string of the molecule is CN(C)C1CCN(c2ccc(CNC3CC3)cc2)C1. The van der Waals surface area contributed by atoms with Crippen LogP contribution >= 0.6 is 0 Å². The van der Waals surface area contributed by atoms with Crippen molar-refractivity contribution in [2.24, 2.45) is 0 Å². The van der Waals surface area contributed by atoms with Crippen LogP contribution in [0, 0.1) is 0 Å². The molecule has 0 radical (unpaired) electrons. The molecule has 3 rings (SSSR count). The summed E-state index contributed by atoms with van der Waals surface area (Å²) < 4.78 is 0. The van der Waals surface area contributed by atoms with Gasteiger partial charge in [0.2, 0.25) is 0 Å². The summed E-state index contributed by atoms with van der Waals surface area (Å²) in [6.45, 7) is 3.36. The molecule has 1 saturated heterocycles. The Morgan fingerprint density at radius 3 is 2.47 bits per heavy atom. The van der Waals surface area contributed by atoms with Crippen molar-refractivity contribution in [3.05, 3.63) is 29.8 Å². The lowest BCUT2D eigenvalue weighted by atomic mass is 10.2. The van der Waals surface area contributed by atoms with Gasteiger partial charge in [0.05, 0.1) is 0 Å². The van der Waals surface area contributed by atoms with E-state index in [1.54, 1.807) is 0 Å². The molecule has 1 atom stereocenters. The molecule has 0 amide bonds. The van der Waals surface area contributed by atoms with E-state index < -0.39 is 0 Å². The number of anilines is 1. The summed E-state index contributed by atoms with van der Waals surface area (Å²) in [6, 6.07) is 10.6. The number of rotatable bonds is 5. The van der Waals surface area contributed by atoms with Crippen molar-refractivity contribution in [2.45, 2.75) is 37.9 Å². The van der Waals surface area contributed by atoms with Crippen LogP contribution in [0.4, 0.5) is 5.69 Å². The summed E-state index contributed by atoms with van der Waals surface area (Å²) in [6.07, 6.45) is 3.99. The van der Waals surface area contributed by atoms with E-state index >= 15 is 0 Å². The van der Waals surface area contributed by atoms with Gasteiger partial charge in [-0.25, -0.2) is 0 Å². The van der Waals surface area contributed by atoms with Gasteiger partial charge in [0.1, 0.15) is 0 Å². The van der Waals surface area contributed by atoms with Gasteiger partial charge in [-0.05, 0) is 51.1 Å². The maximum Gasteiger partial charge on any atom is 0.0366 e. The second-order valence-electron chi connectivity index (χ2n) is 6.17. The van der Waals surface area contributed by atoms with Gasteiger partial charge >= 0.3 is 0 Å². The minimum absolute atomic E-state index is 0.705. The lowest BCUT2D eigenvalue weighted by Crippen LogP contribution is -2.31. The number of hydrogen-bond donors (Lipinski definition) is 1. The monoisotopic (exact) mass is 259 g/mol. The number of nitrogens with zero attached hydrogens (tertiary/aromatic N) is 2. The van der Waals surface area contributed by atoms with Gasteiger partial charge in [0.15, 0.2) is 0 Å². The highest BCUT2D eigenvalue weighted by atomic mass is 15.2. The van der Waals surface area contributed by atoms with Crippen molar-refractivity contribution >= 4 is 5.69 Å². The highest BCUT2D eigenvalue weighted by Crippen LogP contribution is 2.23. The average molecular weight is 259 g/mol. The van der Waals surface area contributed by atoms with Gasteiger partial charge in [-0.1, -0.05) is 12.1 Å². The topological polar surface area (TPSA) is 18.5 Å². The van der Waals surface area contributed by atoms with E-state index in [9.17, 15) is 0 Å². The smallest absolute Gasteiger partial charge is 0.0366 e. The van der Waals surface area contributed by atoms with Crippen LogP contribution in [-0.4, -0.2) is 44.2 Å². The van der Waals surface area contributed by atoms with Gasteiger partial charge in [-0.2, -0.15) is 0 Å². The highest BCUT2D eigenvalue weighted by Gasteiger charge is 2.24. The Labute approximate surface area is 116 Å². The summed E-state index contributed by atoms with van der Waals surface area (Å²) in [4.78, 5) is 4.84. The zero-order valence-corrected chi connectivity index (χ0v) is 12.1. The third-order valence-corrected chi connectivity index (χ3v) is 4.37. The molecule has 1 N–H and O–H groups in total. The number of likely N-dealkylation sites (N-methyl/N-ethyl adjacent to an activating group) is 1. The van der Waals surface area contributed by atoms with Crippen LogP contribution in [-0.2, 0) is 6.54 Å². The first-order valence-electron chi connectivity index (χ1n) is 7.46. The first-order chi connectivity index (χ1) is 9.22. The number of benzene rings is 1. The molecule has 1 aliphatic heterocycles. The number of hydrogen-bond acceptors (Lipinski definition) is 3. The zero-order chi connectivity index (χ0) is 13.2. The summed E-state index contributed by atoms with van der Waals surface area (Å²) in [7, 11) is 4.36. The van der Waals surface area contributed by atoms with Gasteiger partial charge in [-0.3, -0.25) is 0 Å². The predicted molar refractivity (Wildman–Crippen MR) is 80.6 cm³/mol. The van der Waals surface area contributed by atoms with Crippen LogP contribution < -0.4 is 10.2 Å². The van der Waals surface area contributed by atoms with Crippen LogP contribution in [0.3, 0.4) is 0 Å². The van der Waals surface area contributed by atoms with E-state index in [4.69, 9.17) is 0 Å². The lowest BCUT2D eigenvalue weighted by molar-refractivity contribution is 0.315. The maximum atomic E-state index is 3.56. The van der Waals surface area contributed by atoms with E-state index in [0.29, 0.717) is 6.04 Å². The second kappa shape index (κ2) is 5.51. The number of nitrogens with one attached hydrogen (secondary N) is 1. The van der Waals surface area contributed by atoms with Gasteiger partial charge in [0, 0.05) is 37.4 Å². The molecule has 3 heteroatoms. The minimum Gasteiger partial charge on any atom is -0.370 e. The standard InChI is InChI=1S/C16H25N3/c1-18(2)16-9-10-19(12-16)15-7-3-13(4-8-15)11-17-14-5-6-14/h3-4,7-8,14,16-17H,5-6,9-12H2,1-2H3. The summed E-state index contributed by atoms with van der Waals surface area (Å²) in [5.74, 6) is 0. The molecular weight excluding hydrogens is 234 g/mol.